The van der Waals surface area contributed by atoms with Crippen LogP contribution >= 0.6 is 0 Å². The molecule has 0 aliphatic heterocycles. The van der Waals surface area contributed by atoms with Crippen molar-refractivity contribution in [1.82, 2.24) is 4.98 Å². The fraction of sp³-hybridized carbons (Fsp3) is 0. The fourth-order valence-corrected chi connectivity index (χ4v) is 3.71. The van der Waals surface area contributed by atoms with Crippen LogP contribution in [0.5, 0.6) is 0 Å². The predicted molar refractivity (Wildman–Crippen MR) is 54.3 cm³/mol. The molecule has 1 nitrogen and oxygen atoms in total. The van der Waals surface area contributed by atoms with Crippen LogP contribution in [-0.2, 0) is 0 Å². The van der Waals surface area contributed by atoms with Gasteiger partial charge in [-0.05, 0) is 0 Å². The molecule has 3 heteroatoms. The predicted octanol–water partition coefficient (Wildman–Crippen LogP) is 0.380. The monoisotopic (exact) mass is 289 g/mol. The molecule has 0 saturated heterocycles. The van der Waals surface area contributed by atoms with Gasteiger partial charge in [-0.1, -0.05) is 0 Å². The molecule has 0 radical (unpaired) electrons. The van der Waals surface area contributed by atoms with Gasteiger partial charge in [0, 0.05) is 0 Å². The summed E-state index contributed by atoms with van der Waals surface area (Å²) >= 11 is 3.15. The minimum atomic E-state index is 0.496. The van der Waals surface area contributed by atoms with E-state index in [2.05, 4.69) is 43.4 Å². The molecule has 0 amide bonds. The number of para-hydroxylation sites is 1. The molecule has 12 heavy (non-hydrogen) atoms. The van der Waals surface area contributed by atoms with Crippen LogP contribution in [0.4, 0.5) is 0 Å². The third kappa shape index (κ3) is 1.41. The molecule has 0 fully saturated rings. The maximum atomic E-state index is 4.29. The number of pyridine rings is 1. The number of benzene rings is 1. The number of aromatic nitrogens is 1. The molecule has 2 rings (SSSR count). The molecule has 0 spiro atoms. The topological polar surface area (TPSA) is 12.9 Å². The maximum absolute atomic E-state index is 4.29. The number of rotatable bonds is 1. The Morgan fingerprint density at radius 2 is 2.00 bits per heavy atom. The summed E-state index contributed by atoms with van der Waals surface area (Å²) in [6, 6.07) is 10.4. The summed E-state index contributed by atoms with van der Waals surface area (Å²) in [5, 5.41) is 1.29. The van der Waals surface area contributed by atoms with Crippen LogP contribution in [-0.4, -0.2) is 32.3 Å². The summed E-state index contributed by atoms with van der Waals surface area (Å²) in [5.41, 5.74) is 1.10. The molecule has 1 aromatic carbocycles. The number of hydrogen-bond acceptors (Lipinski definition) is 1. The van der Waals surface area contributed by atoms with Crippen molar-refractivity contribution >= 4 is 42.7 Å². The van der Waals surface area contributed by atoms with Gasteiger partial charge in [-0.25, -0.2) is 0 Å². The molecule has 0 bridgehead atoms. The first kappa shape index (κ1) is 8.28. The van der Waals surface area contributed by atoms with Crippen molar-refractivity contribution in [2.45, 2.75) is 0 Å². The van der Waals surface area contributed by atoms with Crippen molar-refractivity contribution in [3.05, 3.63) is 36.5 Å². The number of nitrogens with zero attached hydrogens (tertiary/aromatic N) is 1. The second kappa shape index (κ2) is 3.59. The van der Waals surface area contributed by atoms with Gasteiger partial charge in [-0.2, -0.15) is 0 Å². The van der Waals surface area contributed by atoms with Gasteiger partial charge in [-0.3, -0.25) is 0 Å². The molecule has 60 valence electrons. The van der Waals surface area contributed by atoms with Crippen molar-refractivity contribution in [2.24, 2.45) is 0 Å². The van der Waals surface area contributed by atoms with E-state index in [9.17, 15) is 0 Å². The molecule has 0 aliphatic carbocycles. The van der Waals surface area contributed by atoms with Crippen molar-refractivity contribution in [3.63, 3.8) is 0 Å². The molecule has 0 aliphatic rings. The van der Waals surface area contributed by atoms with E-state index in [-0.39, 0.29) is 0 Å². The third-order valence-corrected chi connectivity index (χ3v) is 5.01. The summed E-state index contributed by atoms with van der Waals surface area (Å²) < 4.78 is 1.41. The van der Waals surface area contributed by atoms with Crippen molar-refractivity contribution in [1.29, 1.82) is 0 Å². The van der Waals surface area contributed by atoms with E-state index in [0.29, 0.717) is 13.1 Å². The van der Waals surface area contributed by atoms with Crippen LogP contribution < -0.4 is 4.46 Å². The Morgan fingerprint density at radius 1 is 1.17 bits per heavy atom. The summed E-state index contributed by atoms with van der Waals surface area (Å²) in [4.78, 5) is 4.29. The van der Waals surface area contributed by atoms with E-state index in [1.165, 1.54) is 9.85 Å². The fourth-order valence-electron chi connectivity index (χ4n) is 1.15. The molecule has 2 aromatic rings. The van der Waals surface area contributed by atoms with E-state index in [4.69, 9.17) is 0 Å². The van der Waals surface area contributed by atoms with Gasteiger partial charge in [0.25, 0.3) is 0 Å². The van der Waals surface area contributed by atoms with Crippen molar-refractivity contribution in [3.8, 4) is 0 Å². The molecule has 1 heterocycles. The standard InChI is InChI=1S/C9H7NSe2/c11-12-9-5-6-10-8-4-2-1-3-7(8)9/h1-6,11H. The van der Waals surface area contributed by atoms with Crippen molar-refractivity contribution < 1.29 is 0 Å². The Hall–Kier alpha value is -0.331. The SMILES string of the molecule is [SeH][Se]c1ccnc2ccccc12. The Morgan fingerprint density at radius 3 is 2.83 bits per heavy atom. The summed E-state index contributed by atoms with van der Waals surface area (Å²) in [7, 11) is 0. The molecule has 0 atom stereocenters. The van der Waals surface area contributed by atoms with Crippen LogP contribution in [0.1, 0.15) is 0 Å². The molecular weight excluding hydrogens is 280 g/mol. The zero-order valence-corrected chi connectivity index (χ0v) is 9.86. The molecule has 0 saturated carbocycles. The van der Waals surface area contributed by atoms with Crippen LogP contribution in [0.2, 0.25) is 0 Å². The summed E-state index contributed by atoms with van der Waals surface area (Å²) in [6.07, 6.45) is 1.88. The van der Waals surface area contributed by atoms with Gasteiger partial charge in [0.15, 0.2) is 0 Å². The summed E-state index contributed by atoms with van der Waals surface area (Å²) in [5.74, 6) is 0. The molecule has 1 aromatic heterocycles. The second-order valence-electron chi connectivity index (χ2n) is 2.42. The first-order valence-electron chi connectivity index (χ1n) is 3.57. The van der Waals surface area contributed by atoms with E-state index in [1.807, 2.05) is 12.3 Å². The first-order valence-corrected chi connectivity index (χ1v) is 9.17. The molecule has 0 N–H and O–H groups in total. The van der Waals surface area contributed by atoms with E-state index >= 15 is 0 Å². The van der Waals surface area contributed by atoms with Gasteiger partial charge < -0.3 is 0 Å². The van der Waals surface area contributed by atoms with Crippen LogP contribution in [0.25, 0.3) is 10.9 Å². The van der Waals surface area contributed by atoms with E-state index < -0.39 is 0 Å². The van der Waals surface area contributed by atoms with Crippen molar-refractivity contribution in [2.75, 3.05) is 0 Å². The van der Waals surface area contributed by atoms with E-state index in [0.717, 1.165) is 5.52 Å². The molecular formula is C9H7NSe2. The van der Waals surface area contributed by atoms with Gasteiger partial charge in [0.05, 0.1) is 0 Å². The Labute approximate surface area is 84.1 Å². The van der Waals surface area contributed by atoms with Gasteiger partial charge in [0.2, 0.25) is 0 Å². The third-order valence-electron chi connectivity index (χ3n) is 1.71. The zero-order valence-electron chi connectivity index (χ0n) is 6.27. The Bertz CT molecular complexity index is 395. The average molecular weight is 287 g/mol. The summed E-state index contributed by atoms with van der Waals surface area (Å²) in [6.45, 7) is 0. The number of hydrogen-bond donors (Lipinski definition) is 0. The van der Waals surface area contributed by atoms with E-state index in [1.54, 1.807) is 0 Å². The normalized spacial score (nSPS) is 10.4. The molecule has 0 unspecified atom stereocenters. The Kier molecular flexibility index (Phi) is 2.48. The zero-order chi connectivity index (χ0) is 8.39. The van der Waals surface area contributed by atoms with Crippen LogP contribution in [0.3, 0.4) is 0 Å². The van der Waals surface area contributed by atoms with Gasteiger partial charge in [0.1, 0.15) is 0 Å². The van der Waals surface area contributed by atoms with Crippen LogP contribution in [0.15, 0.2) is 36.5 Å². The average Bonchev–Trinajstić information content (AvgIpc) is 2.17. The van der Waals surface area contributed by atoms with Crippen LogP contribution in [0, 0.1) is 0 Å². The quantitative estimate of drug-likeness (QED) is 0.691. The van der Waals surface area contributed by atoms with Gasteiger partial charge in [-0.15, -0.1) is 0 Å². The van der Waals surface area contributed by atoms with Gasteiger partial charge >= 0.3 is 84.2 Å². The Balaban J connectivity index is 2.79. The first-order chi connectivity index (χ1) is 5.92. The second-order valence-corrected chi connectivity index (χ2v) is 5.71. The number of fused-ring (bicyclic) bond motifs is 1. The minimum absolute atomic E-state index is 0.496.